The van der Waals surface area contributed by atoms with Gasteiger partial charge in [-0.2, -0.15) is 0 Å². The van der Waals surface area contributed by atoms with E-state index in [1.54, 1.807) is 22.3 Å². The van der Waals surface area contributed by atoms with Crippen molar-refractivity contribution < 1.29 is 47.2 Å². The summed E-state index contributed by atoms with van der Waals surface area (Å²) in [6, 6.07) is 43.9. The van der Waals surface area contributed by atoms with Crippen molar-refractivity contribution in [2.24, 2.45) is 5.92 Å². The van der Waals surface area contributed by atoms with Crippen LogP contribution in [0.1, 0.15) is 51.2 Å². The van der Waals surface area contributed by atoms with Crippen molar-refractivity contribution in [2.45, 2.75) is 36.5 Å². The van der Waals surface area contributed by atoms with E-state index in [-0.39, 0.29) is 24.8 Å². The smallest absolute Gasteiger partial charge is 1.00 e. The normalized spacial score (nSPS) is 16.1. The molecule has 0 amide bonds. The zero-order chi connectivity index (χ0) is 29.2. The monoisotopic (exact) mass is 716 g/mol. The van der Waals surface area contributed by atoms with Crippen molar-refractivity contribution in [1.29, 1.82) is 0 Å². The molecule has 2 aliphatic rings. The number of benzene rings is 6. The van der Waals surface area contributed by atoms with E-state index in [0.29, 0.717) is 15.5 Å². The van der Waals surface area contributed by atoms with Crippen LogP contribution in [0.2, 0.25) is 13.1 Å². The zero-order valence-electron chi connectivity index (χ0n) is 26.1. The second-order valence-corrected chi connectivity index (χ2v) is 27.9. The second kappa shape index (κ2) is 12.8. The van der Waals surface area contributed by atoms with Gasteiger partial charge in [0, 0.05) is 0 Å². The third kappa shape index (κ3) is 5.23. The van der Waals surface area contributed by atoms with Crippen LogP contribution >= 0.6 is 0 Å². The first-order valence-corrected chi connectivity index (χ1v) is 24.3. The average Bonchev–Trinajstić information content (AvgIpc) is 3.57. The van der Waals surface area contributed by atoms with Crippen molar-refractivity contribution in [3.8, 4) is 22.3 Å². The van der Waals surface area contributed by atoms with Gasteiger partial charge in [0.15, 0.2) is 0 Å². The number of hydrogen-bond acceptors (Lipinski definition) is 0. The molecule has 8 rings (SSSR count). The van der Waals surface area contributed by atoms with Crippen molar-refractivity contribution in [3.05, 3.63) is 149 Å². The maximum Gasteiger partial charge on any atom is -1.00 e. The maximum atomic E-state index is 2.58. The van der Waals surface area contributed by atoms with Gasteiger partial charge in [0.05, 0.1) is 0 Å². The summed E-state index contributed by atoms with van der Waals surface area (Å²) < 4.78 is 0.669. The molecule has 0 nitrogen and oxygen atoms in total. The first kappa shape index (κ1) is 32.2. The number of halogens is 2. The Kier molecular flexibility index (Phi) is 9.17. The predicted octanol–water partition coefficient (Wildman–Crippen LogP) is 4.99. The Hall–Kier alpha value is -2.74. The van der Waals surface area contributed by atoms with Gasteiger partial charge in [-0.05, 0) is 0 Å². The molecule has 0 bridgehead atoms. The third-order valence-electron chi connectivity index (χ3n) is 9.62. The van der Waals surface area contributed by atoms with E-state index >= 15 is 0 Å². The van der Waals surface area contributed by atoms with Gasteiger partial charge >= 0.3 is 263 Å². The van der Waals surface area contributed by atoms with Crippen molar-refractivity contribution in [3.63, 3.8) is 0 Å². The summed E-state index contributed by atoms with van der Waals surface area (Å²) in [5, 5.41) is 5.31. The molecule has 0 aromatic heterocycles. The van der Waals surface area contributed by atoms with Crippen LogP contribution in [0.4, 0.5) is 0 Å². The topological polar surface area (TPSA) is 0 Å². The fraction of sp³-hybridized carbons (Fsp3) is 0.171. The molecule has 0 saturated carbocycles. The van der Waals surface area contributed by atoms with Crippen LogP contribution in [-0.2, 0) is 22.4 Å². The van der Waals surface area contributed by atoms with Crippen LogP contribution in [0.25, 0.3) is 49.9 Å². The van der Waals surface area contributed by atoms with Crippen LogP contribution in [0.15, 0.2) is 121 Å². The van der Waals surface area contributed by atoms with Gasteiger partial charge in [-0.3, -0.25) is 0 Å². The summed E-state index contributed by atoms with van der Waals surface area (Å²) in [7, 11) is 0. The number of hydrogen-bond donors (Lipinski definition) is 0. The largest absolute Gasteiger partial charge is 1.00 e. The minimum Gasteiger partial charge on any atom is -1.00 e. The molecule has 222 valence electrons. The molecule has 6 aromatic rings. The first-order valence-electron chi connectivity index (χ1n) is 15.7. The number of fused-ring (bicyclic) bond motifs is 7. The van der Waals surface area contributed by atoms with Crippen LogP contribution < -0.4 is 24.8 Å². The van der Waals surface area contributed by atoms with E-state index in [2.05, 4.69) is 148 Å². The SMILES string of the molecule is CC(C)C1=Cc2c(-c3cc4ccccc4c4ccccc34)cccc2C1c1cccc2c1[CH]([Zr+2][SiH](C)C)c1ccccc1-2.[Cl-].[Cl-]. The standard InChI is InChI=1S/C39H29.C2H7Si.2ClH.Zr/c1-24(2)35-23-38-32(36-21-25-11-3-5-13-27(25)29-15-7-8-16-31(29)36)18-10-20-34(38)39(35)33-19-9-17-30-28-14-6-4-12-26(28)22-37(30)33;1-3-2;;;/h3-24,39H,1-2H3;3H,1-2H3;2*1H;/q;;;;+2/p-2. The molecule has 2 unspecified atom stereocenters. The van der Waals surface area contributed by atoms with Gasteiger partial charge in [-0.15, -0.1) is 0 Å². The molecular formula is C41H36Cl2SiZr. The average molecular weight is 719 g/mol. The summed E-state index contributed by atoms with van der Waals surface area (Å²) in [5.41, 5.74) is 15.0. The summed E-state index contributed by atoms with van der Waals surface area (Å²) in [4.78, 5) is 0. The van der Waals surface area contributed by atoms with Crippen LogP contribution in [0.5, 0.6) is 0 Å². The van der Waals surface area contributed by atoms with E-state index in [1.807, 2.05) is 0 Å². The first-order chi connectivity index (χ1) is 21.0. The molecule has 0 fully saturated rings. The van der Waals surface area contributed by atoms with E-state index in [0.717, 1.165) is 0 Å². The van der Waals surface area contributed by atoms with Gasteiger partial charge in [0.2, 0.25) is 0 Å². The Labute approximate surface area is 291 Å². The van der Waals surface area contributed by atoms with Gasteiger partial charge in [-0.1, -0.05) is 6.07 Å². The number of allylic oxidation sites excluding steroid dienone is 1. The van der Waals surface area contributed by atoms with Crippen LogP contribution in [-0.4, -0.2) is 5.92 Å². The van der Waals surface area contributed by atoms with E-state index in [4.69, 9.17) is 0 Å². The molecule has 45 heavy (non-hydrogen) atoms. The fourth-order valence-electron chi connectivity index (χ4n) is 7.83. The molecule has 0 radical (unpaired) electrons. The number of rotatable bonds is 5. The van der Waals surface area contributed by atoms with Crippen LogP contribution in [0, 0.1) is 5.92 Å². The van der Waals surface area contributed by atoms with Gasteiger partial charge in [0.25, 0.3) is 0 Å². The Balaban J connectivity index is 0.00000179. The zero-order valence-corrected chi connectivity index (χ0v) is 31.2. The minimum absolute atomic E-state index is 0. The third-order valence-corrected chi connectivity index (χ3v) is 19.5. The van der Waals surface area contributed by atoms with Crippen LogP contribution in [0.3, 0.4) is 0 Å². The van der Waals surface area contributed by atoms with E-state index < -0.39 is 28.3 Å². The summed E-state index contributed by atoms with van der Waals surface area (Å²) in [6.45, 7) is 9.95. The van der Waals surface area contributed by atoms with Crippen molar-refractivity contribution >= 4 is 33.5 Å². The van der Waals surface area contributed by atoms with Crippen molar-refractivity contribution in [1.82, 2.24) is 0 Å². The summed E-state index contributed by atoms with van der Waals surface area (Å²) >= 11 is -0.573. The molecule has 0 spiro atoms. The van der Waals surface area contributed by atoms with Gasteiger partial charge < -0.3 is 24.8 Å². The Morgan fingerprint density at radius 1 is 0.578 bits per heavy atom. The molecule has 4 heteroatoms. The van der Waals surface area contributed by atoms with E-state index in [9.17, 15) is 0 Å². The molecule has 0 saturated heterocycles. The Bertz CT molecular complexity index is 2090. The second-order valence-electron chi connectivity index (χ2n) is 12.9. The molecule has 2 atom stereocenters. The van der Waals surface area contributed by atoms with E-state index in [1.165, 1.54) is 54.9 Å². The molecule has 6 aromatic carbocycles. The summed E-state index contributed by atoms with van der Waals surface area (Å²) in [6.07, 6.45) is 2.57. The fourth-order valence-corrected chi connectivity index (χ4v) is 17.7. The maximum absolute atomic E-state index is 2.58. The van der Waals surface area contributed by atoms with Gasteiger partial charge in [0.1, 0.15) is 0 Å². The molecule has 0 heterocycles. The minimum atomic E-state index is -0.637. The van der Waals surface area contributed by atoms with Gasteiger partial charge in [-0.25, -0.2) is 0 Å². The molecular weight excluding hydrogens is 683 g/mol. The summed E-state index contributed by atoms with van der Waals surface area (Å²) in [5.74, 6) is 0.139. The molecule has 2 aliphatic carbocycles. The molecule has 0 aliphatic heterocycles. The molecule has 0 N–H and O–H groups in total. The Morgan fingerprint density at radius 2 is 1.18 bits per heavy atom. The quantitative estimate of drug-likeness (QED) is 0.174. The Morgan fingerprint density at radius 3 is 1.93 bits per heavy atom. The predicted molar refractivity (Wildman–Crippen MR) is 184 cm³/mol. The van der Waals surface area contributed by atoms with Crippen molar-refractivity contribution in [2.75, 3.05) is 0 Å².